The highest BCUT2D eigenvalue weighted by atomic mass is 16.5. The minimum absolute atomic E-state index is 0.265. The lowest BCUT2D eigenvalue weighted by molar-refractivity contribution is -0.119. The van der Waals surface area contributed by atoms with E-state index in [1.54, 1.807) is 18.2 Å². The van der Waals surface area contributed by atoms with E-state index in [1.165, 1.54) is 0 Å². The number of rotatable bonds is 8. The molecule has 0 aliphatic carbocycles. The van der Waals surface area contributed by atoms with E-state index in [-0.39, 0.29) is 18.5 Å². The average molecular weight is 275 g/mol. The van der Waals surface area contributed by atoms with Crippen molar-refractivity contribution in [2.75, 3.05) is 19.7 Å². The van der Waals surface area contributed by atoms with Gasteiger partial charge in [0.15, 0.2) is 0 Å². The highest BCUT2D eigenvalue weighted by molar-refractivity contribution is 5.75. The quantitative estimate of drug-likeness (QED) is 0.729. The molecule has 1 amide bonds. The Morgan fingerprint density at radius 3 is 2.85 bits per heavy atom. The van der Waals surface area contributed by atoms with Crippen LogP contribution in [-0.2, 0) is 4.79 Å². The lowest BCUT2D eigenvalue weighted by atomic mass is 10.2. The molecule has 108 valence electrons. The molecule has 5 nitrogen and oxygen atoms in total. The predicted octanol–water partition coefficient (Wildman–Crippen LogP) is 1.52. The molecule has 0 radical (unpaired) electrons. The maximum absolute atomic E-state index is 11.0. The third kappa shape index (κ3) is 5.72. The smallest absolute Gasteiger partial charge is 0.231 e. The average Bonchev–Trinajstić information content (AvgIpc) is 2.41. The van der Waals surface area contributed by atoms with Gasteiger partial charge in [-0.2, -0.15) is 5.26 Å². The van der Waals surface area contributed by atoms with Crippen LogP contribution >= 0.6 is 0 Å². The van der Waals surface area contributed by atoms with Crippen LogP contribution in [0, 0.1) is 11.3 Å². The molecule has 0 atom stereocenters. The first-order chi connectivity index (χ1) is 9.52. The maximum Gasteiger partial charge on any atom is 0.231 e. The molecule has 2 N–H and O–H groups in total. The Morgan fingerprint density at radius 2 is 2.25 bits per heavy atom. The van der Waals surface area contributed by atoms with Crippen molar-refractivity contribution in [1.29, 1.82) is 5.26 Å². The monoisotopic (exact) mass is 275 g/mol. The largest absolute Gasteiger partial charge is 0.494 e. The number of hydrogen-bond acceptors (Lipinski definition) is 4. The Kier molecular flexibility index (Phi) is 6.54. The van der Waals surface area contributed by atoms with Crippen molar-refractivity contribution in [3.8, 4) is 11.8 Å². The number of nitrogens with two attached hydrogens (primary N) is 1. The number of benzene rings is 1. The second-order valence-electron chi connectivity index (χ2n) is 4.87. The standard InChI is InChI=1S/C15H21N3O2/c1-12(2)18(11-15(17)19)7-4-8-20-14-6-3-5-13(9-14)10-16/h3,5-6,9,12H,4,7-8,11H2,1-2H3,(H2,17,19). The molecule has 0 spiro atoms. The van der Waals surface area contributed by atoms with Crippen molar-refractivity contribution in [2.24, 2.45) is 5.73 Å². The Morgan fingerprint density at radius 1 is 1.50 bits per heavy atom. The van der Waals surface area contributed by atoms with Crippen LogP contribution in [-0.4, -0.2) is 36.5 Å². The van der Waals surface area contributed by atoms with E-state index in [0.29, 0.717) is 17.9 Å². The van der Waals surface area contributed by atoms with E-state index < -0.39 is 0 Å². The molecule has 0 bridgehead atoms. The SMILES string of the molecule is CC(C)N(CCCOc1cccc(C#N)c1)CC(N)=O. The lowest BCUT2D eigenvalue weighted by Crippen LogP contribution is -2.39. The fraction of sp³-hybridized carbons (Fsp3) is 0.467. The number of hydrogen-bond donors (Lipinski definition) is 1. The van der Waals surface area contributed by atoms with Gasteiger partial charge in [0.05, 0.1) is 24.8 Å². The number of nitriles is 1. The second kappa shape index (κ2) is 8.18. The molecule has 1 aromatic rings. The highest BCUT2D eigenvalue weighted by Gasteiger charge is 2.11. The molecule has 0 aliphatic heterocycles. The van der Waals surface area contributed by atoms with Gasteiger partial charge >= 0.3 is 0 Å². The molecule has 0 saturated carbocycles. The number of ether oxygens (including phenoxy) is 1. The zero-order valence-electron chi connectivity index (χ0n) is 12.0. The number of amides is 1. The molecule has 0 aliphatic rings. The minimum atomic E-state index is -0.318. The molecular weight excluding hydrogens is 254 g/mol. The van der Waals surface area contributed by atoms with Crippen molar-refractivity contribution >= 4 is 5.91 Å². The summed E-state index contributed by atoms with van der Waals surface area (Å²) in [5, 5.41) is 8.80. The van der Waals surface area contributed by atoms with Gasteiger partial charge in [0, 0.05) is 12.6 Å². The molecule has 0 fully saturated rings. The van der Waals surface area contributed by atoms with E-state index in [4.69, 9.17) is 15.7 Å². The number of primary amides is 1. The maximum atomic E-state index is 11.0. The van der Waals surface area contributed by atoms with Crippen molar-refractivity contribution < 1.29 is 9.53 Å². The summed E-state index contributed by atoms with van der Waals surface area (Å²) in [6.07, 6.45) is 0.794. The molecule has 20 heavy (non-hydrogen) atoms. The fourth-order valence-corrected chi connectivity index (χ4v) is 1.83. The van der Waals surface area contributed by atoms with Crippen LogP contribution < -0.4 is 10.5 Å². The van der Waals surface area contributed by atoms with Crippen molar-refractivity contribution in [3.63, 3.8) is 0 Å². The van der Waals surface area contributed by atoms with Gasteiger partial charge in [0.1, 0.15) is 5.75 Å². The van der Waals surface area contributed by atoms with Gasteiger partial charge in [-0.15, -0.1) is 0 Å². The first-order valence-corrected chi connectivity index (χ1v) is 6.68. The first-order valence-electron chi connectivity index (χ1n) is 6.68. The highest BCUT2D eigenvalue weighted by Crippen LogP contribution is 2.12. The van der Waals surface area contributed by atoms with Crippen LogP contribution in [0.3, 0.4) is 0 Å². The van der Waals surface area contributed by atoms with Crippen LogP contribution in [0.1, 0.15) is 25.8 Å². The Labute approximate surface area is 119 Å². The second-order valence-corrected chi connectivity index (χ2v) is 4.87. The van der Waals surface area contributed by atoms with E-state index >= 15 is 0 Å². The zero-order valence-corrected chi connectivity index (χ0v) is 12.0. The number of nitrogens with zero attached hydrogens (tertiary/aromatic N) is 2. The summed E-state index contributed by atoms with van der Waals surface area (Å²) in [6.45, 7) is 5.61. The van der Waals surface area contributed by atoms with Gasteiger partial charge in [-0.25, -0.2) is 0 Å². The molecule has 0 aromatic heterocycles. The van der Waals surface area contributed by atoms with Crippen molar-refractivity contribution in [1.82, 2.24) is 4.90 Å². The summed E-state index contributed by atoms with van der Waals surface area (Å²) in [5.41, 5.74) is 5.80. The summed E-state index contributed by atoms with van der Waals surface area (Å²) in [7, 11) is 0. The summed E-state index contributed by atoms with van der Waals surface area (Å²) >= 11 is 0. The first kappa shape index (κ1) is 16.0. The Hall–Kier alpha value is -2.06. The third-order valence-electron chi connectivity index (χ3n) is 2.91. The van der Waals surface area contributed by atoms with Crippen molar-refractivity contribution in [3.05, 3.63) is 29.8 Å². The van der Waals surface area contributed by atoms with Gasteiger partial charge in [-0.1, -0.05) is 6.07 Å². The van der Waals surface area contributed by atoms with E-state index in [0.717, 1.165) is 13.0 Å². The fourth-order valence-electron chi connectivity index (χ4n) is 1.83. The van der Waals surface area contributed by atoms with Crippen molar-refractivity contribution in [2.45, 2.75) is 26.3 Å². The van der Waals surface area contributed by atoms with Crippen LogP contribution in [0.15, 0.2) is 24.3 Å². The molecule has 0 saturated heterocycles. The number of carbonyl (C=O) groups is 1. The topological polar surface area (TPSA) is 79.3 Å². The van der Waals surface area contributed by atoms with Crippen LogP contribution in [0.2, 0.25) is 0 Å². The van der Waals surface area contributed by atoms with E-state index in [2.05, 4.69) is 6.07 Å². The van der Waals surface area contributed by atoms with Crippen LogP contribution in [0.4, 0.5) is 0 Å². The van der Waals surface area contributed by atoms with Crippen LogP contribution in [0.25, 0.3) is 0 Å². The van der Waals surface area contributed by atoms with E-state index in [1.807, 2.05) is 24.8 Å². The molecule has 1 aromatic carbocycles. The molecular formula is C15H21N3O2. The molecule has 0 heterocycles. The zero-order chi connectivity index (χ0) is 15.0. The summed E-state index contributed by atoms with van der Waals surface area (Å²) < 4.78 is 5.59. The summed E-state index contributed by atoms with van der Waals surface area (Å²) in [5.74, 6) is 0.372. The predicted molar refractivity (Wildman–Crippen MR) is 77.2 cm³/mol. The lowest BCUT2D eigenvalue weighted by Gasteiger charge is -2.24. The van der Waals surface area contributed by atoms with Gasteiger partial charge < -0.3 is 10.5 Å². The Balaban J connectivity index is 2.36. The van der Waals surface area contributed by atoms with Gasteiger partial charge in [-0.05, 0) is 38.5 Å². The summed E-state index contributed by atoms with van der Waals surface area (Å²) in [4.78, 5) is 13.0. The normalized spacial score (nSPS) is 10.6. The van der Waals surface area contributed by atoms with Gasteiger partial charge in [0.2, 0.25) is 5.91 Å². The van der Waals surface area contributed by atoms with Gasteiger partial charge in [-0.3, -0.25) is 9.69 Å². The molecule has 1 rings (SSSR count). The third-order valence-corrected chi connectivity index (χ3v) is 2.91. The summed E-state index contributed by atoms with van der Waals surface area (Å²) in [6, 6.07) is 9.41. The minimum Gasteiger partial charge on any atom is -0.494 e. The number of carbonyl (C=O) groups excluding carboxylic acids is 1. The molecule has 0 unspecified atom stereocenters. The van der Waals surface area contributed by atoms with E-state index in [9.17, 15) is 4.79 Å². The van der Waals surface area contributed by atoms with Crippen LogP contribution in [0.5, 0.6) is 5.75 Å². The molecule has 5 heteroatoms. The van der Waals surface area contributed by atoms with Gasteiger partial charge in [0.25, 0.3) is 0 Å². The Bertz CT molecular complexity index is 480.